The minimum atomic E-state index is 0.161. The Hall–Kier alpha value is -2.36. The van der Waals surface area contributed by atoms with Gasteiger partial charge in [-0.15, -0.1) is 0 Å². The van der Waals surface area contributed by atoms with Crippen molar-refractivity contribution in [3.63, 3.8) is 0 Å². The largest absolute Gasteiger partial charge is 0.494 e. The van der Waals surface area contributed by atoms with Crippen molar-refractivity contribution in [1.82, 2.24) is 0 Å². The van der Waals surface area contributed by atoms with E-state index in [1.54, 1.807) is 7.11 Å². The van der Waals surface area contributed by atoms with E-state index in [0.717, 1.165) is 17.2 Å². The standard InChI is InChI=1S/C16H19NO3/c1-12(2)19-13-8-10-14(11-9-13)20-17-15-6-4-5-7-16(15)18-3/h4-12,17H,1-3H3. The normalized spacial score (nSPS) is 10.2. The summed E-state index contributed by atoms with van der Waals surface area (Å²) in [5.41, 5.74) is 3.65. The van der Waals surface area contributed by atoms with Gasteiger partial charge in [0.1, 0.15) is 17.2 Å². The number of methoxy groups -OCH3 is 1. The van der Waals surface area contributed by atoms with Gasteiger partial charge < -0.3 is 14.3 Å². The number of anilines is 1. The van der Waals surface area contributed by atoms with Gasteiger partial charge in [0.2, 0.25) is 0 Å². The number of para-hydroxylation sites is 2. The van der Waals surface area contributed by atoms with E-state index in [2.05, 4.69) is 5.48 Å². The Kier molecular flexibility index (Phi) is 4.71. The Morgan fingerprint density at radius 1 is 0.900 bits per heavy atom. The summed E-state index contributed by atoms with van der Waals surface area (Å²) in [4.78, 5) is 5.51. The molecule has 20 heavy (non-hydrogen) atoms. The maximum Gasteiger partial charge on any atom is 0.155 e. The first-order valence-corrected chi connectivity index (χ1v) is 6.51. The molecule has 4 heteroatoms. The van der Waals surface area contributed by atoms with Crippen molar-refractivity contribution >= 4 is 5.69 Å². The molecule has 2 aromatic carbocycles. The molecule has 0 radical (unpaired) electrons. The number of nitrogens with one attached hydrogen (secondary N) is 1. The van der Waals surface area contributed by atoms with Crippen molar-refractivity contribution < 1.29 is 14.3 Å². The fourth-order valence-corrected chi connectivity index (χ4v) is 1.70. The van der Waals surface area contributed by atoms with Crippen LogP contribution in [0.15, 0.2) is 48.5 Å². The van der Waals surface area contributed by atoms with Crippen LogP contribution in [0.5, 0.6) is 17.2 Å². The molecule has 0 saturated heterocycles. The van der Waals surface area contributed by atoms with E-state index in [-0.39, 0.29) is 6.10 Å². The van der Waals surface area contributed by atoms with Crippen LogP contribution >= 0.6 is 0 Å². The molecule has 2 rings (SSSR count). The first-order valence-electron chi connectivity index (χ1n) is 6.51. The minimum Gasteiger partial charge on any atom is -0.494 e. The minimum absolute atomic E-state index is 0.161. The van der Waals surface area contributed by atoms with Crippen molar-refractivity contribution in [2.45, 2.75) is 20.0 Å². The van der Waals surface area contributed by atoms with Crippen molar-refractivity contribution in [3.8, 4) is 17.2 Å². The Balaban J connectivity index is 1.97. The summed E-state index contributed by atoms with van der Waals surface area (Å²) < 4.78 is 10.8. The molecule has 0 spiro atoms. The van der Waals surface area contributed by atoms with Crippen LogP contribution in [0, 0.1) is 0 Å². The SMILES string of the molecule is COc1ccccc1NOc1ccc(OC(C)C)cc1. The topological polar surface area (TPSA) is 39.7 Å². The third kappa shape index (κ3) is 3.82. The van der Waals surface area contributed by atoms with Crippen molar-refractivity contribution in [3.05, 3.63) is 48.5 Å². The van der Waals surface area contributed by atoms with Gasteiger partial charge in [0.25, 0.3) is 0 Å². The third-order valence-electron chi connectivity index (χ3n) is 2.58. The molecule has 0 aromatic heterocycles. The molecule has 2 aromatic rings. The van der Waals surface area contributed by atoms with E-state index in [1.165, 1.54) is 0 Å². The lowest BCUT2D eigenvalue weighted by molar-refractivity contribution is 0.242. The van der Waals surface area contributed by atoms with E-state index in [4.69, 9.17) is 14.3 Å². The van der Waals surface area contributed by atoms with Crippen LogP contribution in [0.1, 0.15) is 13.8 Å². The maximum absolute atomic E-state index is 5.57. The van der Waals surface area contributed by atoms with E-state index < -0.39 is 0 Å². The third-order valence-corrected chi connectivity index (χ3v) is 2.58. The monoisotopic (exact) mass is 273 g/mol. The molecule has 0 saturated carbocycles. The lowest BCUT2D eigenvalue weighted by Crippen LogP contribution is -2.07. The molecule has 0 aliphatic rings. The Bertz CT molecular complexity index is 538. The van der Waals surface area contributed by atoms with Crippen molar-refractivity contribution in [2.24, 2.45) is 0 Å². The number of ether oxygens (including phenoxy) is 2. The Morgan fingerprint density at radius 2 is 1.55 bits per heavy atom. The van der Waals surface area contributed by atoms with Crippen molar-refractivity contribution in [1.29, 1.82) is 0 Å². The predicted molar refractivity (Wildman–Crippen MR) is 79.5 cm³/mol. The van der Waals surface area contributed by atoms with Crippen LogP contribution in [-0.2, 0) is 0 Å². The molecule has 4 nitrogen and oxygen atoms in total. The molecular formula is C16H19NO3. The van der Waals surface area contributed by atoms with E-state index in [0.29, 0.717) is 5.75 Å². The summed E-state index contributed by atoms with van der Waals surface area (Å²) in [5.74, 6) is 2.25. The summed E-state index contributed by atoms with van der Waals surface area (Å²) in [5, 5.41) is 0. The summed E-state index contributed by atoms with van der Waals surface area (Å²) in [7, 11) is 1.62. The zero-order valence-corrected chi connectivity index (χ0v) is 11.9. The molecule has 106 valence electrons. The molecule has 0 bridgehead atoms. The summed E-state index contributed by atoms with van der Waals surface area (Å²) in [6.45, 7) is 3.99. The Morgan fingerprint density at radius 3 is 2.20 bits per heavy atom. The fourth-order valence-electron chi connectivity index (χ4n) is 1.70. The van der Waals surface area contributed by atoms with Gasteiger partial charge >= 0.3 is 0 Å². The highest BCUT2D eigenvalue weighted by atomic mass is 16.6. The molecule has 0 heterocycles. The number of rotatable bonds is 6. The molecule has 0 aliphatic carbocycles. The zero-order chi connectivity index (χ0) is 14.4. The predicted octanol–water partition coefficient (Wildman–Crippen LogP) is 3.89. The summed E-state index contributed by atoms with van der Waals surface area (Å²) in [6, 6.07) is 15.0. The second-order valence-corrected chi connectivity index (χ2v) is 4.54. The van der Waals surface area contributed by atoms with E-state index in [9.17, 15) is 0 Å². The highest BCUT2D eigenvalue weighted by Crippen LogP contribution is 2.24. The molecule has 0 amide bonds. The number of hydrogen-bond donors (Lipinski definition) is 1. The lowest BCUT2D eigenvalue weighted by Gasteiger charge is -2.13. The molecule has 0 fully saturated rings. The number of benzene rings is 2. The molecule has 0 unspecified atom stereocenters. The highest BCUT2D eigenvalue weighted by Gasteiger charge is 2.02. The first kappa shape index (κ1) is 14.1. The van der Waals surface area contributed by atoms with Crippen LogP contribution in [0.2, 0.25) is 0 Å². The second kappa shape index (κ2) is 6.70. The van der Waals surface area contributed by atoms with E-state index in [1.807, 2.05) is 62.4 Å². The molecular weight excluding hydrogens is 254 g/mol. The van der Waals surface area contributed by atoms with Gasteiger partial charge in [0.05, 0.1) is 13.2 Å². The van der Waals surface area contributed by atoms with Crippen LogP contribution in [-0.4, -0.2) is 13.2 Å². The van der Waals surface area contributed by atoms with Crippen LogP contribution in [0.25, 0.3) is 0 Å². The lowest BCUT2D eigenvalue weighted by atomic mass is 10.3. The van der Waals surface area contributed by atoms with Gasteiger partial charge in [-0.25, -0.2) is 5.48 Å². The average molecular weight is 273 g/mol. The summed E-state index contributed by atoms with van der Waals surface area (Å²) >= 11 is 0. The van der Waals surface area contributed by atoms with Gasteiger partial charge in [0.15, 0.2) is 5.75 Å². The first-order chi connectivity index (χ1) is 9.69. The molecule has 0 atom stereocenters. The average Bonchev–Trinajstić information content (AvgIpc) is 2.46. The number of hydrogen-bond acceptors (Lipinski definition) is 4. The van der Waals surface area contributed by atoms with E-state index >= 15 is 0 Å². The van der Waals surface area contributed by atoms with Crippen LogP contribution in [0.4, 0.5) is 5.69 Å². The smallest absolute Gasteiger partial charge is 0.155 e. The molecule has 1 N–H and O–H groups in total. The maximum atomic E-state index is 5.57. The van der Waals surface area contributed by atoms with Gasteiger partial charge in [-0.05, 0) is 50.2 Å². The van der Waals surface area contributed by atoms with Crippen LogP contribution < -0.4 is 19.8 Å². The second-order valence-electron chi connectivity index (χ2n) is 4.54. The molecule has 0 aliphatic heterocycles. The van der Waals surface area contributed by atoms with Crippen LogP contribution in [0.3, 0.4) is 0 Å². The highest BCUT2D eigenvalue weighted by molar-refractivity contribution is 5.55. The van der Waals surface area contributed by atoms with Gasteiger partial charge in [-0.3, -0.25) is 0 Å². The zero-order valence-electron chi connectivity index (χ0n) is 11.9. The van der Waals surface area contributed by atoms with Gasteiger partial charge in [-0.1, -0.05) is 12.1 Å². The quantitative estimate of drug-likeness (QED) is 0.811. The summed E-state index contributed by atoms with van der Waals surface area (Å²) in [6.07, 6.45) is 0.161. The Labute approximate surface area is 119 Å². The van der Waals surface area contributed by atoms with Gasteiger partial charge in [0, 0.05) is 0 Å². The van der Waals surface area contributed by atoms with Gasteiger partial charge in [-0.2, -0.15) is 0 Å². The van der Waals surface area contributed by atoms with Crippen molar-refractivity contribution in [2.75, 3.05) is 12.6 Å². The fraction of sp³-hybridized carbons (Fsp3) is 0.250.